The van der Waals surface area contributed by atoms with Crippen molar-refractivity contribution in [3.8, 4) is 5.69 Å². The second kappa shape index (κ2) is 8.98. The van der Waals surface area contributed by atoms with Crippen LogP contribution in [-0.4, -0.2) is 4.57 Å². The summed E-state index contributed by atoms with van der Waals surface area (Å²) in [6, 6.07) is 52.3. The molecule has 0 spiro atoms. The molecule has 184 valence electrons. The van der Waals surface area contributed by atoms with Crippen molar-refractivity contribution in [2.24, 2.45) is 0 Å². The molecule has 0 aliphatic rings. The Balaban J connectivity index is 1.36. The van der Waals surface area contributed by atoms with Gasteiger partial charge in [0.25, 0.3) is 0 Å². The van der Waals surface area contributed by atoms with Crippen LogP contribution in [0.2, 0.25) is 0 Å². The molecule has 0 unspecified atom stereocenters. The molecule has 39 heavy (non-hydrogen) atoms. The van der Waals surface area contributed by atoms with Gasteiger partial charge in [0, 0.05) is 27.2 Å². The fourth-order valence-electron chi connectivity index (χ4n) is 5.83. The summed E-state index contributed by atoms with van der Waals surface area (Å²) >= 11 is 0. The Kier molecular flexibility index (Phi) is 5.14. The zero-order valence-corrected chi connectivity index (χ0v) is 22.1. The lowest BCUT2D eigenvalue weighted by atomic mass is 10.1. The van der Waals surface area contributed by atoms with Crippen LogP contribution in [0, 0.1) is 0 Å². The molecule has 0 atom stereocenters. The van der Waals surface area contributed by atoms with Crippen LogP contribution in [0.4, 0.5) is 0 Å². The molecule has 8 aromatic rings. The van der Waals surface area contributed by atoms with Gasteiger partial charge < -0.3 is 8.98 Å². The van der Waals surface area contributed by atoms with Crippen molar-refractivity contribution < 1.29 is 4.42 Å². The molecular weight excluding hydrogens is 493 g/mol. The molecule has 0 bridgehead atoms. The van der Waals surface area contributed by atoms with Crippen molar-refractivity contribution in [3.05, 3.63) is 146 Å². The smallest absolute Gasteiger partial charge is 0.135 e. The Labute approximate surface area is 227 Å². The summed E-state index contributed by atoms with van der Waals surface area (Å²) in [6.07, 6.45) is 0. The Morgan fingerprint density at radius 3 is 1.54 bits per heavy atom. The highest BCUT2D eigenvalue weighted by molar-refractivity contribution is 7.79. The minimum absolute atomic E-state index is 0.693. The van der Waals surface area contributed by atoms with E-state index in [0.717, 1.165) is 27.6 Å². The first kappa shape index (κ1) is 22.3. The van der Waals surface area contributed by atoms with E-state index in [1.54, 1.807) is 0 Å². The molecule has 0 amide bonds. The van der Waals surface area contributed by atoms with E-state index in [1.807, 2.05) is 0 Å². The predicted molar refractivity (Wildman–Crippen MR) is 167 cm³/mol. The van der Waals surface area contributed by atoms with Crippen molar-refractivity contribution in [2.45, 2.75) is 0 Å². The normalized spacial score (nSPS) is 11.8. The van der Waals surface area contributed by atoms with Gasteiger partial charge in [0.2, 0.25) is 0 Å². The SMILES string of the molecule is c1ccc(P(c2ccccc2)c2ccc3oc4ccc(-n5c6ccccc6c6ccccc65)cc4c3c2)cc1. The van der Waals surface area contributed by atoms with Crippen LogP contribution >= 0.6 is 7.92 Å². The van der Waals surface area contributed by atoms with Gasteiger partial charge in [0.15, 0.2) is 0 Å². The lowest BCUT2D eigenvalue weighted by Crippen LogP contribution is -2.20. The summed E-state index contributed by atoms with van der Waals surface area (Å²) in [5, 5.41) is 8.84. The summed E-state index contributed by atoms with van der Waals surface area (Å²) in [7, 11) is -0.693. The molecule has 0 saturated heterocycles. The maximum atomic E-state index is 6.34. The van der Waals surface area contributed by atoms with E-state index >= 15 is 0 Å². The van der Waals surface area contributed by atoms with Crippen molar-refractivity contribution in [2.75, 3.05) is 0 Å². The van der Waals surface area contributed by atoms with Gasteiger partial charge in [0.1, 0.15) is 11.2 Å². The first-order valence-electron chi connectivity index (χ1n) is 13.2. The number of rotatable bonds is 4. The summed E-state index contributed by atoms with van der Waals surface area (Å²) in [4.78, 5) is 0. The zero-order valence-electron chi connectivity index (χ0n) is 21.2. The second-order valence-corrected chi connectivity index (χ2v) is 12.1. The summed E-state index contributed by atoms with van der Waals surface area (Å²) in [5.41, 5.74) is 5.40. The van der Waals surface area contributed by atoms with Crippen molar-refractivity contribution >= 4 is 67.6 Å². The van der Waals surface area contributed by atoms with Crippen LogP contribution in [0.3, 0.4) is 0 Å². The van der Waals surface area contributed by atoms with Crippen molar-refractivity contribution in [3.63, 3.8) is 0 Å². The molecule has 6 aromatic carbocycles. The van der Waals surface area contributed by atoms with Gasteiger partial charge in [-0.05, 0) is 66.3 Å². The standard InChI is InChI=1S/C36H24NOP/c1-3-11-26(12-4-1)39(27-13-5-2-6-14-27)28-20-22-36-32(24-28)31-23-25(19-21-35(31)38-36)37-33-17-9-7-15-29(33)30-16-8-10-18-34(30)37/h1-24H. The molecule has 0 aliphatic heterocycles. The van der Waals surface area contributed by atoms with Crippen LogP contribution in [0.5, 0.6) is 0 Å². The summed E-state index contributed by atoms with van der Waals surface area (Å²) in [6.45, 7) is 0. The number of nitrogens with zero attached hydrogens (tertiary/aromatic N) is 1. The quantitative estimate of drug-likeness (QED) is 0.214. The lowest BCUT2D eigenvalue weighted by Gasteiger charge is -2.19. The molecule has 0 fully saturated rings. The van der Waals surface area contributed by atoms with E-state index in [4.69, 9.17) is 4.42 Å². The summed E-state index contributed by atoms with van der Waals surface area (Å²) in [5.74, 6) is 0. The Morgan fingerprint density at radius 1 is 0.410 bits per heavy atom. The van der Waals surface area contributed by atoms with Crippen LogP contribution in [0.25, 0.3) is 49.4 Å². The van der Waals surface area contributed by atoms with E-state index in [2.05, 4.69) is 150 Å². The number of hydrogen-bond donors (Lipinski definition) is 0. The fraction of sp³-hybridized carbons (Fsp3) is 0. The molecule has 0 N–H and O–H groups in total. The van der Waals surface area contributed by atoms with E-state index in [1.165, 1.54) is 37.7 Å². The maximum absolute atomic E-state index is 6.34. The molecule has 0 saturated carbocycles. The molecule has 8 rings (SSSR count). The topological polar surface area (TPSA) is 18.1 Å². The fourth-order valence-corrected chi connectivity index (χ4v) is 8.15. The van der Waals surface area contributed by atoms with Crippen molar-refractivity contribution in [1.82, 2.24) is 4.57 Å². The van der Waals surface area contributed by atoms with Gasteiger partial charge in [-0.3, -0.25) is 0 Å². The van der Waals surface area contributed by atoms with Gasteiger partial charge in [-0.2, -0.15) is 0 Å². The molecule has 0 aliphatic carbocycles. The molecule has 2 heterocycles. The Morgan fingerprint density at radius 2 is 0.923 bits per heavy atom. The van der Waals surface area contributed by atoms with Crippen LogP contribution < -0.4 is 15.9 Å². The first-order chi connectivity index (χ1) is 19.3. The molecular formula is C36H24NOP. The van der Waals surface area contributed by atoms with E-state index in [-0.39, 0.29) is 0 Å². The number of hydrogen-bond acceptors (Lipinski definition) is 1. The molecule has 0 radical (unpaired) electrons. The monoisotopic (exact) mass is 517 g/mol. The summed E-state index contributed by atoms with van der Waals surface area (Å²) < 4.78 is 8.71. The highest BCUT2D eigenvalue weighted by atomic mass is 31.1. The second-order valence-electron chi connectivity index (χ2n) is 9.84. The van der Waals surface area contributed by atoms with Gasteiger partial charge in [-0.25, -0.2) is 0 Å². The van der Waals surface area contributed by atoms with Gasteiger partial charge >= 0.3 is 0 Å². The van der Waals surface area contributed by atoms with Gasteiger partial charge in [-0.1, -0.05) is 103 Å². The molecule has 3 heteroatoms. The minimum Gasteiger partial charge on any atom is -0.456 e. The highest BCUT2D eigenvalue weighted by Gasteiger charge is 2.19. The Hall–Kier alpha value is -4.65. The maximum Gasteiger partial charge on any atom is 0.135 e. The van der Waals surface area contributed by atoms with E-state index < -0.39 is 7.92 Å². The average molecular weight is 518 g/mol. The van der Waals surface area contributed by atoms with Gasteiger partial charge in [0.05, 0.1) is 11.0 Å². The van der Waals surface area contributed by atoms with E-state index in [9.17, 15) is 0 Å². The highest BCUT2D eigenvalue weighted by Crippen LogP contribution is 2.38. The first-order valence-corrected chi connectivity index (χ1v) is 14.5. The number of para-hydroxylation sites is 2. The minimum atomic E-state index is -0.693. The number of fused-ring (bicyclic) bond motifs is 6. The average Bonchev–Trinajstić information content (AvgIpc) is 3.53. The zero-order chi connectivity index (χ0) is 25.8. The molecule has 2 nitrogen and oxygen atoms in total. The third-order valence-corrected chi connectivity index (χ3v) is 9.99. The molecule has 2 aromatic heterocycles. The van der Waals surface area contributed by atoms with Crippen molar-refractivity contribution in [1.29, 1.82) is 0 Å². The number of furan rings is 1. The van der Waals surface area contributed by atoms with E-state index in [0.29, 0.717) is 0 Å². The third-order valence-electron chi connectivity index (χ3n) is 7.56. The van der Waals surface area contributed by atoms with Crippen LogP contribution in [0.1, 0.15) is 0 Å². The van der Waals surface area contributed by atoms with Gasteiger partial charge in [-0.15, -0.1) is 0 Å². The Bertz CT molecular complexity index is 2030. The van der Waals surface area contributed by atoms with Crippen LogP contribution in [-0.2, 0) is 0 Å². The largest absolute Gasteiger partial charge is 0.456 e. The predicted octanol–water partition coefficient (Wildman–Crippen LogP) is 8.44. The van der Waals surface area contributed by atoms with Crippen LogP contribution in [0.15, 0.2) is 150 Å². The number of aromatic nitrogens is 1. The third kappa shape index (κ3) is 3.61. The lowest BCUT2D eigenvalue weighted by molar-refractivity contribution is 0.669. The number of benzene rings is 6.